The minimum Gasteiger partial charge on any atom is -0.508 e. The highest BCUT2D eigenvalue weighted by molar-refractivity contribution is 6.00. The number of nitrogens with zero attached hydrogens (tertiary/aromatic N) is 1. The zero-order chi connectivity index (χ0) is 23.4. The molecule has 0 unspecified atom stereocenters. The van der Waals surface area contributed by atoms with Crippen molar-refractivity contribution in [3.8, 4) is 11.5 Å². The molecule has 33 heavy (non-hydrogen) atoms. The van der Waals surface area contributed by atoms with Gasteiger partial charge in [0.15, 0.2) is 0 Å². The zero-order valence-corrected chi connectivity index (χ0v) is 18.2. The van der Waals surface area contributed by atoms with Crippen LogP contribution >= 0.6 is 0 Å². The first-order valence-corrected chi connectivity index (χ1v) is 10.6. The number of anilines is 1. The van der Waals surface area contributed by atoms with Crippen LogP contribution in [0.3, 0.4) is 0 Å². The van der Waals surface area contributed by atoms with E-state index in [0.29, 0.717) is 29.6 Å². The zero-order valence-electron chi connectivity index (χ0n) is 18.2. The van der Waals surface area contributed by atoms with Crippen molar-refractivity contribution in [2.45, 2.75) is 13.0 Å². The van der Waals surface area contributed by atoms with Gasteiger partial charge in [0.25, 0.3) is 11.5 Å². The maximum atomic E-state index is 13.3. The lowest BCUT2D eigenvalue weighted by Gasteiger charge is -2.15. The molecule has 1 heterocycles. The Labute approximate surface area is 191 Å². The maximum Gasteiger partial charge on any atom is 0.264 e. The molecular formula is C26H25N3O4. The van der Waals surface area contributed by atoms with E-state index in [2.05, 4.69) is 5.32 Å². The highest BCUT2D eigenvalue weighted by atomic mass is 16.5. The van der Waals surface area contributed by atoms with Crippen LogP contribution < -0.4 is 21.3 Å². The number of nitrogen functional groups attached to an aromatic ring is 1. The third-order valence-electron chi connectivity index (χ3n) is 5.55. The number of hydrogen-bond acceptors (Lipinski definition) is 5. The van der Waals surface area contributed by atoms with Crippen LogP contribution in [0.15, 0.2) is 77.6 Å². The summed E-state index contributed by atoms with van der Waals surface area (Å²) in [5.74, 6) is 0.461. The number of phenols is 1. The molecule has 0 saturated heterocycles. The summed E-state index contributed by atoms with van der Waals surface area (Å²) in [6.07, 6.45) is 0.571. The number of nitrogens with one attached hydrogen (secondary N) is 1. The van der Waals surface area contributed by atoms with E-state index < -0.39 is 5.91 Å². The summed E-state index contributed by atoms with van der Waals surface area (Å²) >= 11 is 0. The van der Waals surface area contributed by atoms with E-state index in [4.69, 9.17) is 10.5 Å². The number of carbonyl (C=O) groups excluding carboxylic acids is 1. The first-order valence-electron chi connectivity index (χ1n) is 10.6. The molecule has 0 spiro atoms. The minimum atomic E-state index is -0.451. The summed E-state index contributed by atoms with van der Waals surface area (Å²) in [6, 6.07) is 21.1. The Balaban J connectivity index is 1.64. The van der Waals surface area contributed by atoms with Crippen molar-refractivity contribution in [2.24, 2.45) is 0 Å². The predicted octanol–water partition coefficient (Wildman–Crippen LogP) is 3.32. The number of aromatic nitrogens is 1. The van der Waals surface area contributed by atoms with Gasteiger partial charge in [0, 0.05) is 17.6 Å². The number of fused-ring (bicyclic) bond motifs is 1. The second-order valence-corrected chi connectivity index (χ2v) is 7.75. The van der Waals surface area contributed by atoms with Crippen molar-refractivity contribution in [3.63, 3.8) is 0 Å². The molecule has 7 heteroatoms. The number of rotatable bonds is 7. The monoisotopic (exact) mass is 443 g/mol. The molecule has 0 aliphatic heterocycles. The summed E-state index contributed by atoms with van der Waals surface area (Å²) in [6.45, 7) is 0.640. The maximum absolute atomic E-state index is 13.3. The van der Waals surface area contributed by atoms with Crippen LogP contribution in [0.25, 0.3) is 10.9 Å². The van der Waals surface area contributed by atoms with Crippen molar-refractivity contribution in [2.75, 3.05) is 19.4 Å². The number of aromatic hydroxyl groups is 1. The van der Waals surface area contributed by atoms with E-state index >= 15 is 0 Å². The number of benzene rings is 3. The van der Waals surface area contributed by atoms with E-state index in [1.54, 1.807) is 54.1 Å². The average Bonchev–Trinajstić information content (AvgIpc) is 2.82. The van der Waals surface area contributed by atoms with Gasteiger partial charge >= 0.3 is 0 Å². The van der Waals surface area contributed by atoms with Gasteiger partial charge < -0.3 is 25.5 Å². The van der Waals surface area contributed by atoms with E-state index in [-0.39, 0.29) is 23.4 Å². The van der Waals surface area contributed by atoms with Crippen molar-refractivity contribution >= 4 is 22.5 Å². The van der Waals surface area contributed by atoms with Crippen LogP contribution in [0, 0.1) is 0 Å². The van der Waals surface area contributed by atoms with Crippen molar-refractivity contribution < 1.29 is 14.6 Å². The summed E-state index contributed by atoms with van der Waals surface area (Å²) in [5.41, 5.74) is 8.86. The average molecular weight is 444 g/mol. The molecule has 0 radical (unpaired) electrons. The molecule has 4 N–H and O–H groups in total. The molecule has 0 fully saturated rings. The summed E-state index contributed by atoms with van der Waals surface area (Å²) < 4.78 is 6.78. The molecule has 1 amide bonds. The van der Waals surface area contributed by atoms with E-state index in [0.717, 1.165) is 16.9 Å². The smallest absolute Gasteiger partial charge is 0.264 e. The Hall–Kier alpha value is -4.26. The molecule has 0 saturated carbocycles. The quantitative estimate of drug-likeness (QED) is 0.380. The van der Waals surface area contributed by atoms with Crippen LogP contribution in [-0.4, -0.2) is 29.2 Å². The Kier molecular flexibility index (Phi) is 6.31. The lowest BCUT2D eigenvalue weighted by Crippen LogP contribution is -2.34. The molecule has 0 bridgehead atoms. The van der Waals surface area contributed by atoms with E-state index in [9.17, 15) is 14.7 Å². The third kappa shape index (κ3) is 4.82. The molecule has 7 nitrogen and oxygen atoms in total. The number of methoxy groups -OCH3 is 1. The van der Waals surface area contributed by atoms with E-state index in [1.807, 2.05) is 30.3 Å². The number of hydrogen-bond donors (Lipinski definition) is 3. The highest BCUT2D eigenvalue weighted by Gasteiger charge is 2.17. The first kappa shape index (κ1) is 22.0. The largest absolute Gasteiger partial charge is 0.508 e. The van der Waals surface area contributed by atoms with Gasteiger partial charge in [0.2, 0.25) is 0 Å². The van der Waals surface area contributed by atoms with Gasteiger partial charge in [-0.15, -0.1) is 0 Å². The molecule has 168 valence electrons. The number of ether oxygens (including phenoxy) is 1. The third-order valence-corrected chi connectivity index (χ3v) is 5.55. The Morgan fingerprint density at radius 3 is 2.42 bits per heavy atom. The normalized spacial score (nSPS) is 10.8. The number of pyridine rings is 1. The second-order valence-electron chi connectivity index (χ2n) is 7.75. The first-order chi connectivity index (χ1) is 16.0. The highest BCUT2D eigenvalue weighted by Crippen LogP contribution is 2.22. The fourth-order valence-electron chi connectivity index (χ4n) is 3.74. The molecule has 4 rings (SSSR count). The molecule has 0 aliphatic rings. The van der Waals surface area contributed by atoms with Gasteiger partial charge in [-0.05, 0) is 60.0 Å². The van der Waals surface area contributed by atoms with Gasteiger partial charge in [-0.3, -0.25) is 9.59 Å². The fraction of sp³-hybridized carbons (Fsp3) is 0.154. The van der Waals surface area contributed by atoms with Crippen molar-refractivity contribution in [1.29, 1.82) is 0 Å². The second kappa shape index (κ2) is 9.48. The predicted molar refractivity (Wildman–Crippen MR) is 129 cm³/mol. The Morgan fingerprint density at radius 1 is 1.03 bits per heavy atom. The molecular weight excluding hydrogens is 418 g/mol. The number of phenolic OH excluding ortho intramolecular Hbond substituents is 1. The molecule has 3 aromatic carbocycles. The number of carbonyl (C=O) groups is 1. The van der Waals surface area contributed by atoms with Crippen molar-refractivity contribution in [1.82, 2.24) is 9.88 Å². The SMILES string of the molecule is COc1ccc(Cn2c(=O)c(C(=O)NCCc3ccc(O)cc3)cc3c(N)cccc32)cc1. The Morgan fingerprint density at radius 2 is 1.73 bits per heavy atom. The van der Waals surface area contributed by atoms with Crippen LogP contribution in [0.1, 0.15) is 21.5 Å². The van der Waals surface area contributed by atoms with Gasteiger partial charge in [0.1, 0.15) is 17.1 Å². The van der Waals surface area contributed by atoms with Gasteiger partial charge in [-0.25, -0.2) is 0 Å². The van der Waals surface area contributed by atoms with Gasteiger partial charge in [0.05, 0.1) is 19.2 Å². The standard InChI is InChI=1S/C26H25N3O4/c1-33-20-11-7-18(8-12-20)16-29-24-4-2-3-23(27)21(24)15-22(26(29)32)25(31)28-14-13-17-5-9-19(30)10-6-17/h2-12,15,30H,13-14,16,27H2,1H3,(H,28,31). The minimum absolute atomic E-state index is 0.0413. The lowest BCUT2D eigenvalue weighted by molar-refractivity contribution is 0.0952. The summed E-state index contributed by atoms with van der Waals surface area (Å²) in [5, 5.41) is 12.9. The summed E-state index contributed by atoms with van der Waals surface area (Å²) in [4.78, 5) is 26.3. The van der Waals surface area contributed by atoms with Crippen LogP contribution in [-0.2, 0) is 13.0 Å². The van der Waals surface area contributed by atoms with Crippen LogP contribution in [0.2, 0.25) is 0 Å². The lowest BCUT2D eigenvalue weighted by atomic mass is 10.1. The molecule has 1 aromatic heterocycles. The van der Waals surface area contributed by atoms with Crippen LogP contribution in [0.5, 0.6) is 11.5 Å². The number of nitrogens with two attached hydrogens (primary N) is 1. The van der Waals surface area contributed by atoms with Gasteiger partial charge in [-0.1, -0.05) is 30.3 Å². The molecule has 0 aliphatic carbocycles. The van der Waals surface area contributed by atoms with Crippen LogP contribution in [0.4, 0.5) is 5.69 Å². The van der Waals surface area contributed by atoms with E-state index in [1.165, 1.54) is 0 Å². The van der Waals surface area contributed by atoms with Crippen molar-refractivity contribution in [3.05, 3.63) is 99.8 Å². The summed E-state index contributed by atoms with van der Waals surface area (Å²) in [7, 11) is 1.60. The molecule has 4 aromatic rings. The fourth-order valence-corrected chi connectivity index (χ4v) is 3.74. The molecule has 0 atom stereocenters. The van der Waals surface area contributed by atoms with Gasteiger partial charge in [-0.2, -0.15) is 0 Å². The Bertz CT molecular complexity index is 1340. The number of amides is 1. The topological polar surface area (TPSA) is 107 Å².